The van der Waals surface area contributed by atoms with E-state index in [1.807, 2.05) is 0 Å². The Morgan fingerprint density at radius 3 is 2.07 bits per heavy atom. The number of thiol groups is 1. The standard InChI is InChI=1S/C20H18N6O11S5/c21-18-14(25-24-13-6-3-11(7-15(13)41(30,31)32)39-36-9-17(27)37-38)8-16(42(33,34)35)19(22)20(18)26-23-10-1-4-12(5-2-10)40(28)29/h1-8,38H,9,21-22H2,(H,28,29)(H,30,31,32)(H,33,34,35). The van der Waals surface area contributed by atoms with Crippen LogP contribution in [0.3, 0.4) is 0 Å². The minimum Gasteiger partial charge on any atom is -0.396 e. The molecule has 0 heterocycles. The van der Waals surface area contributed by atoms with E-state index in [0.717, 1.165) is 18.2 Å². The average molecular weight is 679 g/mol. The molecule has 1 atom stereocenters. The van der Waals surface area contributed by atoms with Gasteiger partial charge in [0.05, 0.1) is 22.0 Å². The summed E-state index contributed by atoms with van der Waals surface area (Å²) in [4.78, 5) is 9.69. The highest BCUT2D eigenvalue weighted by Crippen LogP contribution is 2.43. The van der Waals surface area contributed by atoms with Gasteiger partial charge in [-0.3, -0.25) is 13.3 Å². The van der Waals surface area contributed by atoms with E-state index in [0.29, 0.717) is 12.0 Å². The van der Waals surface area contributed by atoms with Crippen LogP contribution in [0.25, 0.3) is 0 Å². The minimum absolute atomic E-state index is 0.0747. The van der Waals surface area contributed by atoms with E-state index in [-0.39, 0.29) is 21.2 Å². The third-order valence-corrected chi connectivity index (χ3v) is 8.15. The van der Waals surface area contributed by atoms with Crippen molar-refractivity contribution < 1.29 is 47.9 Å². The Balaban J connectivity index is 2.05. The fourth-order valence-corrected chi connectivity index (χ4v) is 5.28. The molecular formula is C20H18N6O11S5. The number of rotatable bonds is 11. The van der Waals surface area contributed by atoms with Crippen LogP contribution in [0.5, 0.6) is 0 Å². The van der Waals surface area contributed by atoms with E-state index in [1.165, 1.54) is 30.3 Å². The van der Waals surface area contributed by atoms with E-state index in [1.54, 1.807) is 0 Å². The zero-order valence-corrected chi connectivity index (χ0v) is 24.6. The van der Waals surface area contributed by atoms with E-state index < -0.39 is 76.4 Å². The van der Waals surface area contributed by atoms with Gasteiger partial charge in [-0.1, -0.05) is 0 Å². The lowest BCUT2D eigenvalue weighted by molar-refractivity contribution is -0.134. The molecule has 0 fully saturated rings. The van der Waals surface area contributed by atoms with E-state index in [2.05, 4.69) is 37.5 Å². The van der Waals surface area contributed by atoms with Crippen LogP contribution >= 0.6 is 25.0 Å². The SMILES string of the molecule is Nc1c(N=Nc2ccc(SOCC(=O)OS)cc2S(=O)(=O)O)cc(S(=O)(=O)O)c(N)c1N=Nc1ccc(S(=O)O)cc1. The number of carbonyl (C=O) groups excluding carboxylic acids is 1. The highest BCUT2D eigenvalue weighted by atomic mass is 32.2. The van der Waals surface area contributed by atoms with Crippen LogP contribution in [0.4, 0.5) is 34.1 Å². The summed E-state index contributed by atoms with van der Waals surface area (Å²) >= 11 is 1.64. The first-order chi connectivity index (χ1) is 19.6. The Hall–Kier alpha value is -3.48. The van der Waals surface area contributed by atoms with E-state index >= 15 is 0 Å². The summed E-state index contributed by atoms with van der Waals surface area (Å²) in [7, 11) is -9.86. The molecule has 22 heteroatoms. The predicted molar refractivity (Wildman–Crippen MR) is 152 cm³/mol. The third kappa shape index (κ3) is 8.52. The lowest BCUT2D eigenvalue weighted by Crippen LogP contribution is -2.05. The average Bonchev–Trinajstić information content (AvgIpc) is 2.91. The van der Waals surface area contributed by atoms with Crippen molar-refractivity contribution in [2.45, 2.75) is 19.6 Å². The maximum absolute atomic E-state index is 12.0. The minimum atomic E-state index is -4.97. The number of nitrogen functional groups attached to an aromatic ring is 2. The van der Waals surface area contributed by atoms with Crippen molar-refractivity contribution in [3.63, 3.8) is 0 Å². The Morgan fingerprint density at radius 1 is 0.881 bits per heavy atom. The number of carbonyl (C=O) groups is 1. The fraction of sp³-hybridized carbons (Fsp3) is 0.0500. The number of azo groups is 2. The summed E-state index contributed by atoms with van der Waals surface area (Å²) in [5, 5.41) is 15.2. The van der Waals surface area contributed by atoms with Gasteiger partial charge in [0.1, 0.15) is 26.9 Å². The van der Waals surface area contributed by atoms with Crippen LogP contribution in [0, 0.1) is 0 Å². The number of hydrogen-bond acceptors (Lipinski definition) is 16. The monoisotopic (exact) mass is 678 g/mol. The molecule has 3 aromatic carbocycles. The molecule has 0 aliphatic carbocycles. The Labute approximate surface area is 250 Å². The molecule has 3 aromatic rings. The molecule has 0 amide bonds. The first-order valence-corrected chi connectivity index (χ1v) is 15.7. The van der Waals surface area contributed by atoms with Gasteiger partial charge in [-0.25, -0.2) is 9.00 Å². The van der Waals surface area contributed by atoms with Crippen molar-refractivity contribution in [2.75, 3.05) is 18.1 Å². The summed E-state index contributed by atoms with van der Waals surface area (Å²) in [6.07, 6.45) is 0. The molecule has 0 radical (unpaired) electrons. The number of nitrogens with zero attached hydrogens (tertiary/aromatic N) is 4. The molecule has 0 aliphatic heterocycles. The van der Waals surface area contributed by atoms with Gasteiger partial charge in [-0.15, -0.1) is 15.3 Å². The van der Waals surface area contributed by atoms with Crippen LogP contribution in [-0.4, -0.2) is 47.3 Å². The van der Waals surface area contributed by atoms with Gasteiger partial charge in [0, 0.05) is 29.8 Å². The second-order valence-corrected chi connectivity index (χ2v) is 12.4. The van der Waals surface area contributed by atoms with Crippen molar-refractivity contribution in [3.05, 3.63) is 48.5 Å². The second kappa shape index (κ2) is 13.7. The highest BCUT2D eigenvalue weighted by molar-refractivity contribution is 7.94. The quantitative estimate of drug-likeness (QED) is 0.0414. The maximum atomic E-state index is 12.0. The third-order valence-electron chi connectivity index (χ3n) is 4.81. The summed E-state index contributed by atoms with van der Waals surface area (Å²) in [5.74, 6) is -0.826. The summed E-state index contributed by atoms with van der Waals surface area (Å²) in [5.41, 5.74) is 9.76. The molecule has 17 nitrogen and oxygen atoms in total. The first-order valence-electron chi connectivity index (χ1n) is 10.6. The van der Waals surface area contributed by atoms with Gasteiger partial charge in [-0.05, 0) is 48.5 Å². The normalized spacial score (nSPS) is 13.0. The molecule has 42 heavy (non-hydrogen) atoms. The van der Waals surface area contributed by atoms with E-state index in [9.17, 15) is 34.9 Å². The van der Waals surface area contributed by atoms with Gasteiger partial charge in [0.25, 0.3) is 20.2 Å². The molecule has 0 saturated carbocycles. The largest absolute Gasteiger partial charge is 0.396 e. The van der Waals surface area contributed by atoms with Crippen molar-refractivity contribution >= 4 is 96.4 Å². The molecule has 1 unspecified atom stereocenters. The predicted octanol–water partition coefficient (Wildman–Crippen LogP) is 4.17. The Morgan fingerprint density at radius 2 is 1.50 bits per heavy atom. The van der Waals surface area contributed by atoms with Crippen LogP contribution in [0.2, 0.25) is 0 Å². The molecule has 224 valence electrons. The maximum Gasteiger partial charge on any atom is 0.345 e. The van der Waals surface area contributed by atoms with Gasteiger partial charge >= 0.3 is 5.97 Å². The topological polar surface area (TPSA) is 283 Å². The number of hydrogen-bond donors (Lipinski definition) is 6. The summed E-state index contributed by atoms with van der Waals surface area (Å²) in [6, 6.07) is 9.32. The summed E-state index contributed by atoms with van der Waals surface area (Å²) in [6.45, 7) is -0.530. The number of anilines is 2. The zero-order chi connectivity index (χ0) is 31.2. The Kier molecular flexibility index (Phi) is 10.7. The molecule has 0 saturated heterocycles. The second-order valence-electron chi connectivity index (χ2n) is 7.60. The van der Waals surface area contributed by atoms with Crippen molar-refractivity contribution in [1.29, 1.82) is 0 Å². The molecule has 3 rings (SSSR count). The molecule has 0 spiro atoms. The molecule has 7 N–H and O–H groups in total. The zero-order valence-electron chi connectivity index (χ0n) is 20.5. The van der Waals surface area contributed by atoms with Gasteiger partial charge in [0.15, 0.2) is 17.7 Å². The number of nitrogens with two attached hydrogens (primary N) is 2. The van der Waals surface area contributed by atoms with Gasteiger partial charge in [0.2, 0.25) is 0 Å². The Bertz CT molecular complexity index is 1820. The van der Waals surface area contributed by atoms with Crippen molar-refractivity contribution in [1.82, 2.24) is 0 Å². The van der Waals surface area contributed by atoms with Crippen molar-refractivity contribution in [3.8, 4) is 0 Å². The number of benzene rings is 3. The molecule has 0 aliphatic rings. The van der Waals surface area contributed by atoms with Crippen molar-refractivity contribution in [2.24, 2.45) is 20.5 Å². The lowest BCUT2D eigenvalue weighted by atomic mass is 10.2. The fourth-order valence-electron chi connectivity index (χ4n) is 2.92. The molecule has 0 aromatic heterocycles. The van der Waals surface area contributed by atoms with Gasteiger partial charge in [-0.2, -0.15) is 21.9 Å². The van der Waals surface area contributed by atoms with Crippen LogP contribution in [-0.2, 0) is 44.5 Å². The summed E-state index contributed by atoms with van der Waals surface area (Å²) < 4.78 is 96.6. The molecule has 0 bridgehead atoms. The highest BCUT2D eigenvalue weighted by Gasteiger charge is 2.23. The molecular weight excluding hydrogens is 661 g/mol. The smallest absolute Gasteiger partial charge is 0.345 e. The first kappa shape index (κ1) is 33.0. The van der Waals surface area contributed by atoms with E-state index in [4.69, 9.17) is 20.2 Å². The van der Waals surface area contributed by atoms with Crippen LogP contribution < -0.4 is 11.5 Å². The van der Waals surface area contributed by atoms with Crippen LogP contribution in [0.15, 0.2) is 88.6 Å². The lowest BCUT2D eigenvalue weighted by Gasteiger charge is -2.10. The van der Waals surface area contributed by atoms with Crippen LogP contribution in [0.1, 0.15) is 0 Å². The van der Waals surface area contributed by atoms with Gasteiger partial charge < -0.3 is 20.2 Å².